The van der Waals surface area contributed by atoms with Crippen LogP contribution in [0, 0.1) is 5.41 Å². The molecule has 13 heavy (non-hydrogen) atoms. The second-order valence-corrected chi connectivity index (χ2v) is 6.13. The van der Waals surface area contributed by atoms with E-state index < -0.39 is 0 Å². The van der Waals surface area contributed by atoms with Crippen LogP contribution >= 0.6 is 11.8 Å². The summed E-state index contributed by atoms with van der Waals surface area (Å²) < 4.78 is 0. The van der Waals surface area contributed by atoms with Gasteiger partial charge in [-0.15, -0.1) is 0 Å². The van der Waals surface area contributed by atoms with E-state index in [4.69, 9.17) is 0 Å². The second-order valence-electron chi connectivity index (χ2n) is 5.03. The van der Waals surface area contributed by atoms with E-state index in [1.165, 1.54) is 43.6 Å². The third-order valence-electron chi connectivity index (χ3n) is 1.93. The predicted octanol–water partition coefficient (Wildman–Crippen LogP) is 4.74. The van der Waals surface area contributed by atoms with Gasteiger partial charge in [0.2, 0.25) is 0 Å². The lowest BCUT2D eigenvalue weighted by Gasteiger charge is -2.16. The van der Waals surface area contributed by atoms with Gasteiger partial charge in [0.05, 0.1) is 0 Å². The molecule has 0 amide bonds. The van der Waals surface area contributed by atoms with E-state index in [0.717, 1.165) is 0 Å². The SMILES string of the molecule is CCCCCCCSCC(C)(C)C. The van der Waals surface area contributed by atoms with Crippen LogP contribution in [0.25, 0.3) is 0 Å². The molecule has 0 spiro atoms. The Kier molecular flexibility index (Phi) is 7.93. The molecule has 0 radical (unpaired) electrons. The highest BCUT2D eigenvalue weighted by Crippen LogP contribution is 2.21. The summed E-state index contributed by atoms with van der Waals surface area (Å²) in [6.07, 6.45) is 7.07. The van der Waals surface area contributed by atoms with Gasteiger partial charge in [-0.2, -0.15) is 11.8 Å². The van der Waals surface area contributed by atoms with Crippen molar-refractivity contribution in [3.05, 3.63) is 0 Å². The molecule has 0 aromatic rings. The fourth-order valence-electron chi connectivity index (χ4n) is 1.19. The molecule has 0 aliphatic carbocycles. The Morgan fingerprint density at radius 2 is 1.54 bits per heavy atom. The average molecular weight is 202 g/mol. The molecular weight excluding hydrogens is 176 g/mol. The van der Waals surface area contributed by atoms with Crippen molar-refractivity contribution in [2.75, 3.05) is 11.5 Å². The highest BCUT2D eigenvalue weighted by Gasteiger charge is 2.08. The molecule has 0 aromatic carbocycles. The van der Waals surface area contributed by atoms with Crippen molar-refractivity contribution in [3.63, 3.8) is 0 Å². The van der Waals surface area contributed by atoms with E-state index in [9.17, 15) is 0 Å². The molecule has 1 heteroatoms. The smallest absolute Gasteiger partial charge is 0.00187 e. The minimum Gasteiger partial charge on any atom is -0.161 e. The molecule has 0 fully saturated rings. The molecule has 0 saturated heterocycles. The maximum atomic E-state index is 2.32. The van der Waals surface area contributed by atoms with Gasteiger partial charge in [-0.1, -0.05) is 53.4 Å². The molecule has 0 atom stereocenters. The first-order valence-corrected chi connectivity index (χ1v) is 6.79. The standard InChI is InChI=1S/C12H26S/c1-5-6-7-8-9-10-13-11-12(2,3)4/h5-11H2,1-4H3. The number of hydrogen-bond acceptors (Lipinski definition) is 1. The summed E-state index contributed by atoms with van der Waals surface area (Å²) in [6, 6.07) is 0. The molecule has 0 unspecified atom stereocenters. The lowest BCUT2D eigenvalue weighted by atomic mass is 10.0. The van der Waals surface area contributed by atoms with Crippen LogP contribution in [-0.4, -0.2) is 11.5 Å². The third-order valence-corrected chi connectivity index (χ3v) is 3.57. The minimum atomic E-state index is 0.508. The topological polar surface area (TPSA) is 0 Å². The van der Waals surface area contributed by atoms with E-state index in [1.807, 2.05) is 0 Å². The Hall–Kier alpha value is 0.350. The summed E-state index contributed by atoms with van der Waals surface area (Å²) in [7, 11) is 0. The summed E-state index contributed by atoms with van der Waals surface area (Å²) >= 11 is 2.12. The highest BCUT2D eigenvalue weighted by atomic mass is 32.2. The lowest BCUT2D eigenvalue weighted by Crippen LogP contribution is -2.08. The van der Waals surface area contributed by atoms with Gasteiger partial charge < -0.3 is 0 Å². The van der Waals surface area contributed by atoms with Crippen molar-refractivity contribution >= 4 is 11.8 Å². The fourth-order valence-corrected chi connectivity index (χ4v) is 2.35. The zero-order valence-corrected chi connectivity index (χ0v) is 10.7. The van der Waals surface area contributed by atoms with Gasteiger partial charge in [-0.05, 0) is 23.3 Å². The van der Waals surface area contributed by atoms with E-state index in [2.05, 4.69) is 39.5 Å². The van der Waals surface area contributed by atoms with E-state index in [0.29, 0.717) is 5.41 Å². The predicted molar refractivity (Wildman–Crippen MR) is 65.5 cm³/mol. The quantitative estimate of drug-likeness (QED) is 0.538. The van der Waals surface area contributed by atoms with Gasteiger partial charge in [0, 0.05) is 0 Å². The van der Waals surface area contributed by atoms with Crippen molar-refractivity contribution in [1.82, 2.24) is 0 Å². The number of rotatable bonds is 7. The summed E-state index contributed by atoms with van der Waals surface area (Å²) in [5.41, 5.74) is 0.508. The minimum absolute atomic E-state index is 0.508. The fraction of sp³-hybridized carbons (Fsp3) is 1.00. The van der Waals surface area contributed by atoms with Crippen LogP contribution in [-0.2, 0) is 0 Å². The molecule has 0 aliphatic heterocycles. The van der Waals surface area contributed by atoms with Gasteiger partial charge in [0.15, 0.2) is 0 Å². The van der Waals surface area contributed by atoms with E-state index in [-0.39, 0.29) is 0 Å². The lowest BCUT2D eigenvalue weighted by molar-refractivity contribution is 0.480. The Bertz CT molecular complexity index is 102. The molecule has 80 valence electrons. The molecule has 0 saturated carbocycles. The van der Waals surface area contributed by atoms with Crippen molar-refractivity contribution in [2.45, 2.75) is 59.8 Å². The molecule has 0 heterocycles. The monoisotopic (exact) mass is 202 g/mol. The molecule has 0 bridgehead atoms. The van der Waals surface area contributed by atoms with Gasteiger partial charge >= 0.3 is 0 Å². The van der Waals surface area contributed by atoms with Crippen LogP contribution in [0.2, 0.25) is 0 Å². The summed E-state index contributed by atoms with van der Waals surface area (Å²) in [6.45, 7) is 9.22. The van der Waals surface area contributed by atoms with Gasteiger partial charge in [-0.3, -0.25) is 0 Å². The molecule has 0 aromatic heterocycles. The van der Waals surface area contributed by atoms with Crippen molar-refractivity contribution in [3.8, 4) is 0 Å². The molecule has 0 nitrogen and oxygen atoms in total. The average Bonchev–Trinajstić information content (AvgIpc) is 2.01. The Labute approximate surface area is 88.9 Å². The van der Waals surface area contributed by atoms with Gasteiger partial charge in [0.1, 0.15) is 0 Å². The van der Waals surface area contributed by atoms with Crippen LogP contribution in [0.15, 0.2) is 0 Å². The van der Waals surface area contributed by atoms with Crippen LogP contribution < -0.4 is 0 Å². The number of hydrogen-bond donors (Lipinski definition) is 0. The molecule has 0 aliphatic rings. The maximum Gasteiger partial charge on any atom is -0.00187 e. The zero-order valence-electron chi connectivity index (χ0n) is 9.86. The Balaban J connectivity index is 3.00. The maximum absolute atomic E-state index is 2.32. The second kappa shape index (κ2) is 7.73. The number of unbranched alkanes of at least 4 members (excludes halogenated alkanes) is 4. The van der Waals surface area contributed by atoms with Crippen LogP contribution in [0.1, 0.15) is 59.8 Å². The van der Waals surface area contributed by atoms with Crippen LogP contribution in [0.5, 0.6) is 0 Å². The van der Waals surface area contributed by atoms with Crippen LogP contribution in [0.3, 0.4) is 0 Å². The Morgan fingerprint density at radius 3 is 2.08 bits per heavy atom. The summed E-state index contributed by atoms with van der Waals surface area (Å²) in [5.74, 6) is 2.67. The largest absolute Gasteiger partial charge is 0.161 e. The van der Waals surface area contributed by atoms with E-state index in [1.54, 1.807) is 0 Å². The summed E-state index contributed by atoms with van der Waals surface area (Å²) in [4.78, 5) is 0. The number of thioether (sulfide) groups is 1. The molecular formula is C12H26S. The van der Waals surface area contributed by atoms with Gasteiger partial charge in [-0.25, -0.2) is 0 Å². The third kappa shape index (κ3) is 12.4. The first kappa shape index (κ1) is 13.4. The van der Waals surface area contributed by atoms with Gasteiger partial charge in [0.25, 0.3) is 0 Å². The Morgan fingerprint density at radius 1 is 0.923 bits per heavy atom. The first-order chi connectivity index (χ1) is 6.06. The van der Waals surface area contributed by atoms with E-state index >= 15 is 0 Å². The molecule has 0 rings (SSSR count). The summed E-state index contributed by atoms with van der Waals surface area (Å²) in [5, 5.41) is 0. The normalized spacial score (nSPS) is 12.0. The zero-order chi connectivity index (χ0) is 10.2. The van der Waals surface area contributed by atoms with Crippen molar-refractivity contribution in [2.24, 2.45) is 5.41 Å². The van der Waals surface area contributed by atoms with Crippen LogP contribution in [0.4, 0.5) is 0 Å². The van der Waals surface area contributed by atoms with Crippen molar-refractivity contribution < 1.29 is 0 Å². The highest BCUT2D eigenvalue weighted by molar-refractivity contribution is 7.99. The van der Waals surface area contributed by atoms with Crippen molar-refractivity contribution in [1.29, 1.82) is 0 Å². The molecule has 0 N–H and O–H groups in total. The first-order valence-electron chi connectivity index (χ1n) is 5.64.